The molecule has 110 valence electrons. The number of aliphatic carboxylic acids is 1. The van der Waals surface area contributed by atoms with Gasteiger partial charge in [0.05, 0.1) is 11.4 Å². The smallest absolute Gasteiger partial charge is 0.305 e. The van der Waals surface area contributed by atoms with E-state index in [0.717, 1.165) is 23.7 Å². The molecule has 0 radical (unpaired) electrons. The molecule has 0 aliphatic carbocycles. The molecule has 1 aliphatic rings. The van der Waals surface area contributed by atoms with E-state index in [4.69, 9.17) is 16.7 Å². The van der Waals surface area contributed by atoms with Crippen LogP contribution < -0.4 is 0 Å². The van der Waals surface area contributed by atoms with E-state index in [1.165, 1.54) is 0 Å². The molecule has 1 saturated heterocycles. The number of benzene rings is 1. The van der Waals surface area contributed by atoms with Crippen molar-refractivity contribution in [3.63, 3.8) is 0 Å². The Morgan fingerprint density at radius 3 is 2.86 bits per heavy atom. The number of fused-ring (bicyclic) bond motifs is 1. The zero-order valence-electron chi connectivity index (χ0n) is 11.3. The van der Waals surface area contributed by atoms with Crippen LogP contribution in [-0.2, 0) is 4.79 Å². The number of para-hydroxylation sites is 1. The van der Waals surface area contributed by atoms with Gasteiger partial charge < -0.3 is 15.0 Å². The maximum atomic E-state index is 12.6. The third-order valence-electron chi connectivity index (χ3n) is 3.90. The second kappa shape index (κ2) is 5.41. The van der Waals surface area contributed by atoms with Gasteiger partial charge in [0.15, 0.2) is 0 Å². The first kappa shape index (κ1) is 13.9. The molecule has 0 saturated carbocycles. The summed E-state index contributed by atoms with van der Waals surface area (Å²) in [6.07, 6.45) is 1.51. The number of carboxylic acid groups (broad SMARTS) is 1. The fourth-order valence-corrected chi connectivity index (χ4v) is 3.21. The number of halogens is 1. The number of nitrogens with one attached hydrogen (secondary N) is 1. The molecule has 0 spiro atoms. The number of amides is 1. The van der Waals surface area contributed by atoms with Crippen molar-refractivity contribution in [2.45, 2.75) is 25.3 Å². The van der Waals surface area contributed by atoms with Crippen molar-refractivity contribution in [2.75, 3.05) is 6.54 Å². The van der Waals surface area contributed by atoms with E-state index in [0.29, 0.717) is 17.3 Å². The summed E-state index contributed by atoms with van der Waals surface area (Å²) in [4.78, 5) is 28.2. The van der Waals surface area contributed by atoms with Crippen molar-refractivity contribution < 1.29 is 14.7 Å². The average molecular weight is 307 g/mol. The SMILES string of the molecule is O=C(O)CC1CCCN1C(=O)c1[nH]c2ccccc2c1Cl. The minimum Gasteiger partial charge on any atom is -0.481 e. The molecule has 1 amide bonds. The van der Waals surface area contributed by atoms with Crippen LogP contribution in [0.1, 0.15) is 29.8 Å². The molecule has 2 aromatic rings. The fraction of sp³-hybridized carbons (Fsp3) is 0.333. The summed E-state index contributed by atoms with van der Waals surface area (Å²) < 4.78 is 0. The normalized spacial score (nSPS) is 18.3. The number of carbonyl (C=O) groups excluding carboxylic acids is 1. The van der Waals surface area contributed by atoms with Gasteiger partial charge in [-0.1, -0.05) is 29.8 Å². The van der Waals surface area contributed by atoms with E-state index < -0.39 is 5.97 Å². The molecule has 1 aromatic carbocycles. The van der Waals surface area contributed by atoms with Gasteiger partial charge >= 0.3 is 5.97 Å². The molecule has 2 heterocycles. The number of hydrogen-bond donors (Lipinski definition) is 2. The highest BCUT2D eigenvalue weighted by molar-refractivity contribution is 6.38. The Balaban J connectivity index is 1.93. The highest BCUT2D eigenvalue weighted by atomic mass is 35.5. The molecule has 1 aliphatic heterocycles. The standard InChI is InChI=1S/C15H15ClN2O3/c16-13-10-5-1-2-6-11(10)17-14(13)15(21)18-7-3-4-9(18)8-12(19)20/h1-2,5-6,9,17H,3-4,7-8H2,(H,19,20). The Kier molecular flexibility index (Phi) is 3.59. The summed E-state index contributed by atoms with van der Waals surface area (Å²) in [6, 6.07) is 7.18. The summed E-state index contributed by atoms with van der Waals surface area (Å²) >= 11 is 6.29. The van der Waals surface area contributed by atoms with E-state index in [2.05, 4.69) is 4.98 Å². The molecule has 21 heavy (non-hydrogen) atoms. The number of rotatable bonds is 3. The fourth-order valence-electron chi connectivity index (χ4n) is 2.92. The van der Waals surface area contributed by atoms with Crippen LogP contribution in [0.15, 0.2) is 24.3 Å². The second-order valence-electron chi connectivity index (χ2n) is 5.25. The quantitative estimate of drug-likeness (QED) is 0.915. The summed E-state index contributed by atoms with van der Waals surface area (Å²) in [5, 5.41) is 10.1. The molecule has 1 aromatic heterocycles. The lowest BCUT2D eigenvalue weighted by molar-refractivity contribution is -0.137. The molecule has 2 N–H and O–H groups in total. The first-order valence-electron chi connectivity index (χ1n) is 6.87. The van der Waals surface area contributed by atoms with Gasteiger partial charge in [-0.15, -0.1) is 0 Å². The second-order valence-corrected chi connectivity index (χ2v) is 5.63. The Labute approximate surface area is 126 Å². The molecule has 1 unspecified atom stereocenters. The largest absolute Gasteiger partial charge is 0.481 e. The van der Waals surface area contributed by atoms with E-state index in [-0.39, 0.29) is 18.4 Å². The van der Waals surface area contributed by atoms with Gasteiger partial charge in [0.2, 0.25) is 0 Å². The minimum atomic E-state index is -0.887. The highest BCUT2D eigenvalue weighted by Gasteiger charge is 2.32. The van der Waals surface area contributed by atoms with Crippen LogP contribution in [0.3, 0.4) is 0 Å². The third-order valence-corrected chi connectivity index (χ3v) is 4.30. The lowest BCUT2D eigenvalue weighted by atomic mass is 10.1. The number of H-pyrrole nitrogens is 1. The summed E-state index contributed by atoms with van der Waals surface area (Å²) in [7, 11) is 0. The van der Waals surface area contributed by atoms with E-state index in [1.807, 2.05) is 24.3 Å². The van der Waals surface area contributed by atoms with E-state index in [9.17, 15) is 9.59 Å². The monoisotopic (exact) mass is 306 g/mol. The molecule has 0 bridgehead atoms. The predicted octanol–water partition coefficient (Wildman–Crippen LogP) is 2.90. The summed E-state index contributed by atoms with van der Waals surface area (Å²) in [5.41, 5.74) is 1.15. The van der Waals surface area contributed by atoms with Gasteiger partial charge in [-0.05, 0) is 18.9 Å². The number of nitrogens with zero attached hydrogens (tertiary/aromatic N) is 1. The van der Waals surface area contributed by atoms with Gasteiger partial charge in [-0.3, -0.25) is 9.59 Å². The Hall–Kier alpha value is -2.01. The van der Waals surface area contributed by atoms with Gasteiger partial charge in [-0.2, -0.15) is 0 Å². The van der Waals surface area contributed by atoms with Crippen LogP contribution >= 0.6 is 11.6 Å². The maximum absolute atomic E-state index is 12.6. The van der Waals surface area contributed by atoms with Crippen molar-refractivity contribution in [2.24, 2.45) is 0 Å². The van der Waals surface area contributed by atoms with Gasteiger partial charge in [0.25, 0.3) is 5.91 Å². The summed E-state index contributed by atoms with van der Waals surface area (Å²) in [5.74, 6) is -1.11. The van der Waals surface area contributed by atoms with Crippen LogP contribution in [0, 0.1) is 0 Å². The van der Waals surface area contributed by atoms with Gasteiger partial charge in [-0.25, -0.2) is 0 Å². The molecular weight excluding hydrogens is 292 g/mol. The molecule has 1 atom stereocenters. The van der Waals surface area contributed by atoms with E-state index in [1.54, 1.807) is 4.90 Å². The van der Waals surface area contributed by atoms with Crippen molar-refractivity contribution in [1.82, 2.24) is 9.88 Å². The van der Waals surface area contributed by atoms with Gasteiger partial charge in [0.1, 0.15) is 5.69 Å². The number of carbonyl (C=O) groups is 2. The molecule has 6 heteroatoms. The lowest BCUT2D eigenvalue weighted by Gasteiger charge is -2.23. The van der Waals surface area contributed by atoms with Crippen molar-refractivity contribution in [1.29, 1.82) is 0 Å². The van der Waals surface area contributed by atoms with Crippen LogP contribution in [0.25, 0.3) is 10.9 Å². The van der Waals surface area contributed by atoms with Crippen LogP contribution in [0.5, 0.6) is 0 Å². The maximum Gasteiger partial charge on any atom is 0.305 e. The average Bonchev–Trinajstić information content (AvgIpc) is 3.03. The Morgan fingerprint density at radius 2 is 2.14 bits per heavy atom. The zero-order chi connectivity index (χ0) is 15.0. The third kappa shape index (κ3) is 2.49. The van der Waals surface area contributed by atoms with Crippen molar-refractivity contribution in [3.8, 4) is 0 Å². The molecule has 1 fully saturated rings. The van der Waals surface area contributed by atoms with Crippen LogP contribution in [0.4, 0.5) is 0 Å². The Morgan fingerprint density at radius 1 is 1.38 bits per heavy atom. The van der Waals surface area contributed by atoms with E-state index >= 15 is 0 Å². The van der Waals surface area contributed by atoms with Crippen molar-refractivity contribution >= 4 is 34.4 Å². The molecule has 3 rings (SSSR count). The number of hydrogen-bond acceptors (Lipinski definition) is 2. The predicted molar refractivity (Wildman–Crippen MR) is 79.6 cm³/mol. The number of aromatic amines is 1. The number of carboxylic acids is 1. The number of likely N-dealkylation sites (tertiary alicyclic amines) is 1. The van der Waals surface area contributed by atoms with Crippen LogP contribution in [0.2, 0.25) is 5.02 Å². The highest BCUT2D eigenvalue weighted by Crippen LogP contribution is 2.30. The van der Waals surface area contributed by atoms with Crippen molar-refractivity contribution in [3.05, 3.63) is 35.0 Å². The molecular formula is C15H15ClN2O3. The Bertz CT molecular complexity index is 710. The van der Waals surface area contributed by atoms with Crippen LogP contribution in [-0.4, -0.2) is 39.5 Å². The topological polar surface area (TPSA) is 73.4 Å². The minimum absolute atomic E-state index is 0.0242. The first-order chi connectivity index (χ1) is 10.1. The number of aromatic nitrogens is 1. The van der Waals surface area contributed by atoms with Gasteiger partial charge in [0, 0.05) is 23.5 Å². The summed E-state index contributed by atoms with van der Waals surface area (Å²) in [6.45, 7) is 0.572. The zero-order valence-corrected chi connectivity index (χ0v) is 12.1. The molecule has 5 nitrogen and oxygen atoms in total. The lowest BCUT2D eigenvalue weighted by Crippen LogP contribution is -2.37. The first-order valence-corrected chi connectivity index (χ1v) is 7.24.